The smallest absolute Gasteiger partial charge is 0.260 e. The quantitative estimate of drug-likeness (QED) is 0.486. The summed E-state index contributed by atoms with van der Waals surface area (Å²) in [7, 11) is 1.56. The van der Waals surface area contributed by atoms with Gasteiger partial charge in [0.15, 0.2) is 0 Å². The van der Waals surface area contributed by atoms with Crippen molar-refractivity contribution < 1.29 is 14.1 Å². The number of aromatic nitrogens is 2. The number of nitrogens with one attached hydrogen (secondary N) is 1. The first-order valence-corrected chi connectivity index (χ1v) is 9.16. The van der Waals surface area contributed by atoms with Crippen molar-refractivity contribution in [3.8, 4) is 28.6 Å². The Kier molecular flexibility index (Phi) is 5.27. The summed E-state index contributed by atoms with van der Waals surface area (Å²) >= 11 is 5.93. The van der Waals surface area contributed by atoms with Gasteiger partial charge >= 0.3 is 0 Å². The fourth-order valence-corrected chi connectivity index (χ4v) is 2.91. The third-order valence-electron chi connectivity index (χ3n) is 4.27. The number of halogens is 1. The average molecular weight is 406 g/mol. The van der Waals surface area contributed by atoms with Crippen molar-refractivity contribution >= 4 is 23.2 Å². The van der Waals surface area contributed by atoms with Crippen LogP contribution in [0.2, 0.25) is 5.02 Å². The van der Waals surface area contributed by atoms with Crippen LogP contribution in [-0.2, 0) is 0 Å². The highest BCUT2D eigenvalue weighted by Gasteiger charge is 2.16. The highest BCUT2D eigenvalue weighted by molar-refractivity contribution is 6.30. The minimum absolute atomic E-state index is 0.270. The van der Waals surface area contributed by atoms with Gasteiger partial charge in [0.25, 0.3) is 11.8 Å². The second-order valence-electron chi connectivity index (χ2n) is 6.16. The van der Waals surface area contributed by atoms with Crippen LogP contribution in [0.15, 0.2) is 77.3 Å². The van der Waals surface area contributed by atoms with E-state index in [0.29, 0.717) is 39.3 Å². The Morgan fingerprint density at radius 3 is 2.62 bits per heavy atom. The Hall–Kier alpha value is -3.64. The third kappa shape index (κ3) is 4.12. The zero-order valence-corrected chi connectivity index (χ0v) is 16.2. The molecule has 0 bridgehead atoms. The molecule has 0 saturated heterocycles. The van der Waals surface area contributed by atoms with Crippen molar-refractivity contribution in [2.24, 2.45) is 0 Å². The molecule has 4 rings (SSSR count). The first kappa shape index (κ1) is 18.7. The summed E-state index contributed by atoms with van der Waals surface area (Å²) in [6.45, 7) is 0. The summed E-state index contributed by atoms with van der Waals surface area (Å²) in [5, 5.41) is 7.56. The number of anilines is 1. The summed E-state index contributed by atoms with van der Waals surface area (Å²) in [6, 6.07) is 21.3. The van der Waals surface area contributed by atoms with Gasteiger partial charge in [-0.05, 0) is 54.6 Å². The lowest BCUT2D eigenvalue weighted by Gasteiger charge is -2.09. The number of benzene rings is 3. The van der Waals surface area contributed by atoms with Gasteiger partial charge in [-0.25, -0.2) is 0 Å². The molecule has 1 N–H and O–H groups in total. The molecule has 0 aliphatic rings. The molecule has 0 spiro atoms. The number of rotatable bonds is 5. The molecule has 4 aromatic rings. The van der Waals surface area contributed by atoms with Crippen molar-refractivity contribution in [3.63, 3.8) is 0 Å². The number of carbonyl (C=O) groups is 1. The summed E-state index contributed by atoms with van der Waals surface area (Å²) in [5.41, 5.74) is 2.44. The number of ether oxygens (including phenoxy) is 1. The SMILES string of the molecule is COc1cccc(C(=O)Nc2ccccc2-c2nc(-c3ccc(Cl)cc3)no2)c1. The lowest BCUT2D eigenvalue weighted by molar-refractivity contribution is 0.102. The van der Waals surface area contributed by atoms with Crippen molar-refractivity contribution in [1.29, 1.82) is 0 Å². The Bertz CT molecular complexity index is 1160. The van der Waals surface area contributed by atoms with E-state index in [1.54, 1.807) is 55.6 Å². The van der Waals surface area contributed by atoms with E-state index in [2.05, 4.69) is 15.5 Å². The van der Waals surface area contributed by atoms with Crippen molar-refractivity contribution in [2.45, 2.75) is 0 Å². The summed E-state index contributed by atoms with van der Waals surface area (Å²) < 4.78 is 10.6. The summed E-state index contributed by atoms with van der Waals surface area (Å²) in [5.74, 6) is 1.08. The third-order valence-corrected chi connectivity index (χ3v) is 4.52. The first-order valence-electron chi connectivity index (χ1n) is 8.78. The molecule has 7 heteroatoms. The number of hydrogen-bond acceptors (Lipinski definition) is 5. The zero-order chi connectivity index (χ0) is 20.2. The molecule has 0 aliphatic heterocycles. The Balaban J connectivity index is 1.62. The van der Waals surface area contributed by atoms with E-state index in [-0.39, 0.29) is 5.91 Å². The second-order valence-corrected chi connectivity index (χ2v) is 6.60. The van der Waals surface area contributed by atoms with Gasteiger partial charge in [-0.15, -0.1) is 0 Å². The van der Waals surface area contributed by atoms with Gasteiger partial charge in [0.1, 0.15) is 5.75 Å². The van der Waals surface area contributed by atoms with E-state index < -0.39 is 0 Å². The molecule has 0 saturated carbocycles. The lowest BCUT2D eigenvalue weighted by atomic mass is 10.1. The molecular formula is C22H16ClN3O3. The van der Waals surface area contributed by atoms with Crippen molar-refractivity contribution in [2.75, 3.05) is 12.4 Å². The van der Waals surface area contributed by atoms with E-state index >= 15 is 0 Å². The molecule has 1 heterocycles. The van der Waals surface area contributed by atoms with Crippen LogP contribution in [0, 0.1) is 0 Å². The number of para-hydroxylation sites is 1. The van der Waals surface area contributed by atoms with Gasteiger partial charge in [-0.1, -0.05) is 35.0 Å². The number of hydrogen-bond donors (Lipinski definition) is 1. The minimum atomic E-state index is -0.270. The maximum atomic E-state index is 12.7. The molecule has 29 heavy (non-hydrogen) atoms. The van der Waals surface area contributed by atoms with E-state index in [1.165, 1.54) is 0 Å². The maximum Gasteiger partial charge on any atom is 0.260 e. The molecule has 0 fully saturated rings. The topological polar surface area (TPSA) is 77.2 Å². The van der Waals surface area contributed by atoms with Crippen molar-refractivity contribution in [3.05, 3.63) is 83.4 Å². The predicted octanol–water partition coefficient (Wildman–Crippen LogP) is 5.32. The van der Waals surface area contributed by atoms with Gasteiger partial charge in [0.05, 0.1) is 18.4 Å². The zero-order valence-electron chi connectivity index (χ0n) is 15.4. The molecule has 144 valence electrons. The molecule has 1 aromatic heterocycles. The van der Waals surface area contributed by atoms with Gasteiger partial charge < -0.3 is 14.6 Å². The Labute approximate surface area is 172 Å². The monoisotopic (exact) mass is 405 g/mol. The molecule has 0 unspecified atom stereocenters. The van der Waals surface area contributed by atoms with E-state index in [0.717, 1.165) is 5.56 Å². The number of methoxy groups -OCH3 is 1. The number of amides is 1. The molecule has 0 aliphatic carbocycles. The van der Waals surface area contributed by atoms with E-state index in [9.17, 15) is 4.79 Å². The average Bonchev–Trinajstić information content (AvgIpc) is 3.24. The fraction of sp³-hybridized carbons (Fsp3) is 0.0455. The first-order chi connectivity index (χ1) is 14.1. The molecule has 3 aromatic carbocycles. The van der Waals surface area contributed by atoms with Crippen LogP contribution in [0.1, 0.15) is 10.4 Å². The molecule has 0 atom stereocenters. The van der Waals surface area contributed by atoms with E-state index in [4.69, 9.17) is 20.9 Å². The van der Waals surface area contributed by atoms with Gasteiger partial charge in [0.2, 0.25) is 5.82 Å². The maximum absolute atomic E-state index is 12.7. The van der Waals surface area contributed by atoms with Crippen LogP contribution < -0.4 is 10.1 Å². The van der Waals surface area contributed by atoms with Crippen LogP contribution in [0.25, 0.3) is 22.8 Å². The van der Waals surface area contributed by atoms with Gasteiger partial charge in [-0.2, -0.15) is 4.98 Å². The largest absolute Gasteiger partial charge is 0.497 e. The Morgan fingerprint density at radius 2 is 1.83 bits per heavy atom. The molecule has 0 radical (unpaired) electrons. The van der Waals surface area contributed by atoms with Crippen molar-refractivity contribution in [1.82, 2.24) is 10.1 Å². The second kappa shape index (κ2) is 8.16. The van der Waals surface area contributed by atoms with Crippen LogP contribution in [-0.4, -0.2) is 23.2 Å². The fourth-order valence-electron chi connectivity index (χ4n) is 2.79. The minimum Gasteiger partial charge on any atom is -0.497 e. The summed E-state index contributed by atoms with van der Waals surface area (Å²) in [4.78, 5) is 17.1. The van der Waals surface area contributed by atoms with Gasteiger partial charge in [0, 0.05) is 16.1 Å². The van der Waals surface area contributed by atoms with Gasteiger partial charge in [-0.3, -0.25) is 4.79 Å². The Morgan fingerprint density at radius 1 is 1.03 bits per heavy atom. The van der Waals surface area contributed by atoms with Crippen LogP contribution in [0.5, 0.6) is 5.75 Å². The molecule has 1 amide bonds. The highest BCUT2D eigenvalue weighted by atomic mass is 35.5. The standard InChI is InChI=1S/C22H16ClN3O3/c1-28-17-6-4-5-15(13-17)21(27)24-19-8-3-2-7-18(19)22-25-20(26-29-22)14-9-11-16(23)12-10-14/h2-13H,1H3,(H,24,27). The summed E-state index contributed by atoms with van der Waals surface area (Å²) in [6.07, 6.45) is 0. The lowest BCUT2D eigenvalue weighted by Crippen LogP contribution is -2.12. The normalized spacial score (nSPS) is 10.6. The van der Waals surface area contributed by atoms with Crippen LogP contribution in [0.4, 0.5) is 5.69 Å². The number of carbonyl (C=O) groups excluding carboxylic acids is 1. The molecular weight excluding hydrogens is 390 g/mol. The molecule has 6 nitrogen and oxygen atoms in total. The highest BCUT2D eigenvalue weighted by Crippen LogP contribution is 2.29. The predicted molar refractivity (Wildman–Crippen MR) is 111 cm³/mol. The number of nitrogens with zero attached hydrogens (tertiary/aromatic N) is 2. The van der Waals surface area contributed by atoms with E-state index in [1.807, 2.05) is 24.3 Å². The van der Waals surface area contributed by atoms with Crippen LogP contribution >= 0.6 is 11.6 Å². The van der Waals surface area contributed by atoms with Crippen LogP contribution in [0.3, 0.4) is 0 Å².